The van der Waals surface area contributed by atoms with Crippen LogP contribution in [0.4, 0.5) is 0 Å². The van der Waals surface area contributed by atoms with E-state index in [0.717, 1.165) is 30.4 Å². The van der Waals surface area contributed by atoms with Gasteiger partial charge in [-0.3, -0.25) is 0 Å². The highest BCUT2D eigenvalue weighted by molar-refractivity contribution is 5.32. The Bertz CT molecular complexity index is 592. The Hall–Kier alpha value is -2.72. The van der Waals surface area contributed by atoms with E-state index in [-0.39, 0.29) is 0 Å². The lowest BCUT2D eigenvalue weighted by Gasteiger charge is -2.04. The van der Waals surface area contributed by atoms with Gasteiger partial charge in [-0.1, -0.05) is 12.1 Å². The molecule has 2 heterocycles. The van der Waals surface area contributed by atoms with Gasteiger partial charge < -0.3 is 0 Å². The Balaban J connectivity index is 2.01. The van der Waals surface area contributed by atoms with Gasteiger partial charge in [0.15, 0.2) is 0 Å². The molecule has 92 valence electrons. The molecule has 4 heteroatoms. The molecule has 0 saturated carbocycles. The third kappa shape index (κ3) is 3.14. The minimum absolute atomic E-state index is 0.481. The van der Waals surface area contributed by atoms with Crippen LogP contribution >= 0.6 is 0 Å². The summed E-state index contributed by atoms with van der Waals surface area (Å²) in [5.41, 5.74) is 2.86. The third-order valence-electron chi connectivity index (χ3n) is 2.89. The van der Waals surface area contributed by atoms with Crippen molar-refractivity contribution in [1.29, 1.82) is 10.5 Å². The molecule has 0 spiro atoms. The standard InChI is InChI=1S/C15H12N4/c16-10-14-12(6-2-8-18-14)4-1-5-13-7-3-9-19-15(13)11-17/h2-3,6-9H,1,4-5H2. The summed E-state index contributed by atoms with van der Waals surface area (Å²) in [5.74, 6) is 0. The minimum atomic E-state index is 0.481. The lowest BCUT2D eigenvalue weighted by molar-refractivity contribution is 0.808. The van der Waals surface area contributed by atoms with E-state index in [4.69, 9.17) is 10.5 Å². The van der Waals surface area contributed by atoms with Gasteiger partial charge in [0.25, 0.3) is 0 Å². The molecule has 0 aliphatic heterocycles. The SMILES string of the molecule is N#Cc1ncccc1CCCc1cccnc1C#N. The zero-order chi connectivity index (χ0) is 13.5. The summed E-state index contributed by atoms with van der Waals surface area (Å²) in [6, 6.07) is 11.7. The zero-order valence-electron chi connectivity index (χ0n) is 10.4. The molecular weight excluding hydrogens is 236 g/mol. The Kier molecular flexibility index (Phi) is 4.21. The summed E-state index contributed by atoms with van der Waals surface area (Å²) in [6.07, 6.45) is 5.65. The largest absolute Gasteiger partial charge is 0.245 e. The van der Waals surface area contributed by atoms with Gasteiger partial charge in [0.2, 0.25) is 0 Å². The Labute approximate surface area is 112 Å². The van der Waals surface area contributed by atoms with Gasteiger partial charge in [-0.2, -0.15) is 10.5 Å². The number of nitriles is 2. The first-order valence-electron chi connectivity index (χ1n) is 6.03. The summed E-state index contributed by atoms with van der Waals surface area (Å²) >= 11 is 0. The van der Waals surface area contributed by atoms with Crippen molar-refractivity contribution in [2.75, 3.05) is 0 Å². The maximum atomic E-state index is 8.95. The molecule has 4 nitrogen and oxygen atoms in total. The molecule has 0 aromatic carbocycles. The average molecular weight is 248 g/mol. The molecule has 0 radical (unpaired) electrons. The number of hydrogen-bond acceptors (Lipinski definition) is 4. The normalized spacial score (nSPS) is 9.58. The highest BCUT2D eigenvalue weighted by Crippen LogP contribution is 2.12. The summed E-state index contributed by atoms with van der Waals surface area (Å²) in [4.78, 5) is 8.06. The third-order valence-corrected chi connectivity index (χ3v) is 2.89. The van der Waals surface area contributed by atoms with E-state index < -0.39 is 0 Å². The van der Waals surface area contributed by atoms with E-state index in [0.29, 0.717) is 11.4 Å². The van der Waals surface area contributed by atoms with Crippen molar-refractivity contribution in [3.05, 3.63) is 59.2 Å². The predicted octanol–water partition coefficient (Wildman–Crippen LogP) is 2.40. The Morgan fingerprint density at radius 3 is 1.74 bits per heavy atom. The van der Waals surface area contributed by atoms with Crippen molar-refractivity contribution in [1.82, 2.24) is 9.97 Å². The molecule has 0 aliphatic rings. The van der Waals surface area contributed by atoms with Gasteiger partial charge >= 0.3 is 0 Å². The first-order valence-corrected chi connectivity index (χ1v) is 6.03. The number of hydrogen-bond donors (Lipinski definition) is 0. The molecule has 0 amide bonds. The molecule has 2 aromatic rings. The van der Waals surface area contributed by atoms with Crippen LogP contribution < -0.4 is 0 Å². The Morgan fingerprint density at radius 1 is 0.842 bits per heavy atom. The van der Waals surface area contributed by atoms with E-state index in [9.17, 15) is 0 Å². The van der Waals surface area contributed by atoms with E-state index >= 15 is 0 Å². The molecule has 0 fully saturated rings. The van der Waals surface area contributed by atoms with E-state index in [1.54, 1.807) is 12.4 Å². The topological polar surface area (TPSA) is 73.4 Å². The molecule has 0 unspecified atom stereocenters. The van der Waals surface area contributed by atoms with Gasteiger partial charge in [0.05, 0.1) is 0 Å². The summed E-state index contributed by atoms with van der Waals surface area (Å²) in [6.45, 7) is 0. The van der Waals surface area contributed by atoms with Crippen molar-refractivity contribution in [2.45, 2.75) is 19.3 Å². The molecule has 0 atom stereocenters. The van der Waals surface area contributed by atoms with Gasteiger partial charge in [-0.05, 0) is 42.5 Å². The zero-order valence-corrected chi connectivity index (χ0v) is 10.4. The number of aromatic nitrogens is 2. The van der Waals surface area contributed by atoms with Crippen LogP contribution in [0.15, 0.2) is 36.7 Å². The quantitative estimate of drug-likeness (QED) is 0.832. The molecule has 2 aromatic heterocycles. The average Bonchev–Trinajstić information content (AvgIpc) is 2.48. The lowest BCUT2D eigenvalue weighted by atomic mass is 10.0. The molecular formula is C15H12N4. The number of nitrogens with zero attached hydrogens (tertiary/aromatic N) is 4. The molecule has 0 bridgehead atoms. The number of rotatable bonds is 4. The fraction of sp³-hybridized carbons (Fsp3) is 0.200. The van der Waals surface area contributed by atoms with E-state index in [2.05, 4.69) is 22.1 Å². The smallest absolute Gasteiger partial charge is 0.143 e. The van der Waals surface area contributed by atoms with Crippen LogP contribution in [-0.2, 0) is 12.8 Å². The second kappa shape index (κ2) is 6.28. The fourth-order valence-electron chi connectivity index (χ4n) is 1.95. The second-order valence-corrected chi connectivity index (χ2v) is 4.10. The lowest BCUT2D eigenvalue weighted by Crippen LogP contribution is -1.97. The van der Waals surface area contributed by atoms with Crippen LogP contribution in [0.3, 0.4) is 0 Å². The molecule has 0 N–H and O–H groups in total. The van der Waals surface area contributed by atoms with Crippen molar-refractivity contribution in [2.24, 2.45) is 0 Å². The van der Waals surface area contributed by atoms with Crippen LogP contribution in [0, 0.1) is 22.7 Å². The van der Waals surface area contributed by atoms with Crippen molar-refractivity contribution in [3.63, 3.8) is 0 Å². The van der Waals surface area contributed by atoms with Crippen LogP contribution in [0.5, 0.6) is 0 Å². The minimum Gasteiger partial charge on any atom is -0.245 e. The molecule has 19 heavy (non-hydrogen) atoms. The highest BCUT2D eigenvalue weighted by atomic mass is 14.7. The molecule has 2 rings (SSSR count). The van der Waals surface area contributed by atoms with Gasteiger partial charge in [-0.25, -0.2) is 9.97 Å². The first-order chi connectivity index (χ1) is 9.35. The highest BCUT2D eigenvalue weighted by Gasteiger charge is 2.05. The van der Waals surface area contributed by atoms with Crippen molar-refractivity contribution >= 4 is 0 Å². The number of aryl methyl sites for hydroxylation is 2. The van der Waals surface area contributed by atoms with Crippen LogP contribution in [0.2, 0.25) is 0 Å². The molecule has 0 saturated heterocycles. The van der Waals surface area contributed by atoms with Crippen LogP contribution in [-0.4, -0.2) is 9.97 Å². The fourth-order valence-corrected chi connectivity index (χ4v) is 1.95. The second-order valence-electron chi connectivity index (χ2n) is 4.10. The van der Waals surface area contributed by atoms with E-state index in [1.165, 1.54) is 0 Å². The maximum Gasteiger partial charge on any atom is 0.143 e. The van der Waals surface area contributed by atoms with Crippen molar-refractivity contribution in [3.8, 4) is 12.1 Å². The maximum absolute atomic E-state index is 8.95. The van der Waals surface area contributed by atoms with Gasteiger partial charge in [-0.15, -0.1) is 0 Å². The van der Waals surface area contributed by atoms with Gasteiger partial charge in [0.1, 0.15) is 23.5 Å². The van der Waals surface area contributed by atoms with E-state index in [1.807, 2.05) is 24.3 Å². The monoisotopic (exact) mass is 248 g/mol. The summed E-state index contributed by atoms with van der Waals surface area (Å²) in [7, 11) is 0. The number of pyridine rings is 2. The van der Waals surface area contributed by atoms with Crippen LogP contribution in [0.25, 0.3) is 0 Å². The Morgan fingerprint density at radius 2 is 1.32 bits per heavy atom. The first kappa shape index (κ1) is 12.7. The summed E-state index contributed by atoms with van der Waals surface area (Å²) < 4.78 is 0. The van der Waals surface area contributed by atoms with Crippen molar-refractivity contribution < 1.29 is 0 Å². The van der Waals surface area contributed by atoms with Crippen LogP contribution in [0.1, 0.15) is 28.9 Å². The summed E-state index contributed by atoms with van der Waals surface area (Å²) in [5, 5.41) is 17.9. The predicted molar refractivity (Wildman–Crippen MR) is 69.9 cm³/mol. The van der Waals surface area contributed by atoms with Gasteiger partial charge in [0, 0.05) is 12.4 Å². The molecule has 0 aliphatic carbocycles.